The Kier molecular flexibility index (Phi) is 4.46. The van der Waals surface area contributed by atoms with Gasteiger partial charge in [0.1, 0.15) is 0 Å². The normalized spacial score (nSPS) is 23.6. The molecule has 2 nitrogen and oxygen atoms in total. The Morgan fingerprint density at radius 2 is 2.06 bits per heavy atom. The Morgan fingerprint density at radius 1 is 1.33 bits per heavy atom. The number of hydrogen-bond acceptors (Lipinski definition) is 3. The van der Waals surface area contributed by atoms with E-state index in [0.29, 0.717) is 18.0 Å². The summed E-state index contributed by atoms with van der Waals surface area (Å²) in [6.45, 7) is 14.9. The molecule has 0 radical (unpaired) electrons. The number of nitrogens with one attached hydrogen (secondary N) is 1. The van der Waals surface area contributed by atoms with Crippen LogP contribution in [0.3, 0.4) is 0 Å². The molecule has 0 saturated carbocycles. The lowest BCUT2D eigenvalue weighted by molar-refractivity contribution is 0.0843. The van der Waals surface area contributed by atoms with Crippen LogP contribution in [0.15, 0.2) is 6.07 Å². The van der Waals surface area contributed by atoms with Gasteiger partial charge in [-0.05, 0) is 38.3 Å². The molecule has 2 atom stereocenters. The van der Waals surface area contributed by atoms with Crippen molar-refractivity contribution in [2.75, 3.05) is 19.6 Å². The fourth-order valence-corrected chi connectivity index (χ4v) is 4.10. The number of thiophene rings is 1. The lowest BCUT2D eigenvalue weighted by Crippen LogP contribution is -2.54. The Hall–Kier alpha value is -0.380. The summed E-state index contributed by atoms with van der Waals surface area (Å²) in [5.41, 5.74) is 1.53. The second-order valence-corrected chi connectivity index (χ2v) is 7.26. The molecule has 0 amide bonds. The molecule has 2 rings (SSSR count). The van der Waals surface area contributed by atoms with Crippen molar-refractivity contribution < 1.29 is 0 Å². The summed E-state index contributed by atoms with van der Waals surface area (Å²) in [5, 5.41) is 3.53. The number of aryl methyl sites for hydroxylation is 2. The highest BCUT2D eigenvalue weighted by Gasteiger charge is 2.30. The molecule has 1 aromatic heterocycles. The van der Waals surface area contributed by atoms with Gasteiger partial charge in [-0.1, -0.05) is 13.8 Å². The number of piperazine rings is 1. The van der Waals surface area contributed by atoms with Crippen LogP contribution in [0, 0.1) is 19.8 Å². The lowest BCUT2D eigenvalue weighted by Gasteiger charge is -2.42. The third-order valence-electron chi connectivity index (χ3n) is 4.12. The van der Waals surface area contributed by atoms with Gasteiger partial charge >= 0.3 is 0 Å². The molecule has 102 valence electrons. The summed E-state index contributed by atoms with van der Waals surface area (Å²) in [6, 6.07) is 3.59. The van der Waals surface area contributed by atoms with Crippen molar-refractivity contribution >= 4 is 11.3 Å². The molecule has 0 bridgehead atoms. The zero-order chi connectivity index (χ0) is 13.3. The summed E-state index contributed by atoms with van der Waals surface area (Å²) in [7, 11) is 0. The average molecular weight is 266 g/mol. The Morgan fingerprint density at radius 3 is 2.61 bits per heavy atom. The van der Waals surface area contributed by atoms with E-state index in [1.165, 1.54) is 21.9 Å². The molecule has 0 aromatic carbocycles. The first kappa shape index (κ1) is 14.0. The van der Waals surface area contributed by atoms with E-state index < -0.39 is 0 Å². The molecule has 1 aliphatic rings. The first-order valence-electron chi connectivity index (χ1n) is 7.04. The fraction of sp³-hybridized carbons (Fsp3) is 0.733. The van der Waals surface area contributed by atoms with E-state index in [-0.39, 0.29) is 0 Å². The molecule has 1 saturated heterocycles. The van der Waals surface area contributed by atoms with Gasteiger partial charge in [-0.3, -0.25) is 4.90 Å². The summed E-state index contributed by atoms with van der Waals surface area (Å²) in [6.07, 6.45) is 0. The predicted molar refractivity (Wildman–Crippen MR) is 80.4 cm³/mol. The van der Waals surface area contributed by atoms with Gasteiger partial charge in [0.2, 0.25) is 0 Å². The van der Waals surface area contributed by atoms with Gasteiger partial charge in [0, 0.05) is 41.5 Å². The maximum Gasteiger partial charge on any atom is 0.0335 e. The molecule has 1 fully saturated rings. The van der Waals surface area contributed by atoms with E-state index in [1.807, 2.05) is 11.3 Å². The van der Waals surface area contributed by atoms with Crippen molar-refractivity contribution in [1.82, 2.24) is 10.2 Å². The van der Waals surface area contributed by atoms with Gasteiger partial charge in [0.25, 0.3) is 0 Å². The Bertz CT molecular complexity index is 397. The maximum absolute atomic E-state index is 3.53. The minimum Gasteiger partial charge on any atom is -0.314 e. The summed E-state index contributed by atoms with van der Waals surface area (Å²) in [4.78, 5) is 5.61. The second kappa shape index (κ2) is 5.72. The van der Waals surface area contributed by atoms with Crippen LogP contribution >= 0.6 is 11.3 Å². The van der Waals surface area contributed by atoms with Crippen LogP contribution in [0.4, 0.5) is 0 Å². The smallest absolute Gasteiger partial charge is 0.0335 e. The van der Waals surface area contributed by atoms with Gasteiger partial charge in [0.05, 0.1) is 0 Å². The van der Waals surface area contributed by atoms with Gasteiger partial charge in [-0.2, -0.15) is 0 Å². The molecular formula is C15H26N2S. The highest BCUT2D eigenvalue weighted by atomic mass is 32.1. The van der Waals surface area contributed by atoms with Crippen LogP contribution in [0.5, 0.6) is 0 Å². The number of rotatable bonds is 3. The number of nitrogens with zero attached hydrogens (tertiary/aromatic N) is 1. The van der Waals surface area contributed by atoms with Crippen LogP contribution in [0.1, 0.15) is 42.1 Å². The van der Waals surface area contributed by atoms with Crippen molar-refractivity contribution in [1.29, 1.82) is 0 Å². The molecular weight excluding hydrogens is 240 g/mol. The third kappa shape index (κ3) is 2.79. The van der Waals surface area contributed by atoms with Gasteiger partial charge in [-0.25, -0.2) is 0 Å². The zero-order valence-corrected chi connectivity index (χ0v) is 13.1. The Labute approximate surface area is 115 Å². The SMILES string of the molecule is Cc1cc(C(C)N2CCNCC2C(C)C)c(C)s1. The largest absolute Gasteiger partial charge is 0.314 e. The molecule has 2 heterocycles. The monoisotopic (exact) mass is 266 g/mol. The van der Waals surface area contributed by atoms with E-state index in [2.05, 4.69) is 50.9 Å². The molecule has 1 aromatic rings. The van der Waals surface area contributed by atoms with Crippen molar-refractivity contribution in [3.63, 3.8) is 0 Å². The van der Waals surface area contributed by atoms with Crippen LogP contribution in [0.25, 0.3) is 0 Å². The van der Waals surface area contributed by atoms with Crippen molar-refractivity contribution in [2.45, 2.75) is 46.7 Å². The quantitative estimate of drug-likeness (QED) is 0.902. The minimum atomic E-state index is 0.546. The van der Waals surface area contributed by atoms with Crippen LogP contribution in [-0.4, -0.2) is 30.6 Å². The molecule has 0 spiro atoms. The first-order valence-corrected chi connectivity index (χ1v) is 7.85. The van der Waals surface area contributed by atoms with Crippen LogP contribution in [-0.2, 0) is 0 Å². The van der Waals surface area contributed by atoms with Crippen molar-refractivity contribution in [3.8, 4) is 0 Å². The van der Waals surface area contributed by atoms with E-state index >= 15 is 0 Å². The summed E-state index contributed by atoms with van der Waals surface area (Å²) in [5.74, 6) is 0.709. The predicted octanol–water partition coefficient (Wildman–Crippen LogP) is 3.36. The molecule has 2 unspecified atom stereocenters. The highest BCUT2D eigenvalue weighted by Crippen LogP contribution is 2.32. The topological polar surface area (TPSA) is 15.3 Å². The number of hydrogen-bond donors (Lipinski definition) is 1. The van der Waals surface area contributed by atoms with Gasteiger partial charge in [0.15, 0.2) is 0 Å². The summed E-state index contributed by atoms with van der Waals surface area (Å²) >= 11 is 1.93. The fourth-order valence-electron chi connectivity index (χ4n) is 3.08. The molecule has 1 aliphatic heterocycles. The average Bonchev–Trinajstić information content (AvgIpc) is 2.67. The molecule has 3 heteroatoms. The highest BCUT2D eigenvalue weighted by molar-refractivity contribution is 7.12. The van der Waals surface area contributed by atoms with E-state index in [1.54, 1.807) is 0 Å². The Balaban J connectivity index is 2.20. The molecule has 18 heavy (non-hydrogen) atoms. The van der Waals surface area contributed by atoms with E-state index in [4.69, 9.17) is 0 Å². The van der Waals surface area contributed by atoms with Crippen LogP contribution < -0.4 is 5.32 Å². The zero-order valence-electron chi connectivity index (χ0n) is 12.3. The first-order chi connectivity index (χ1) is 8.50. The van der Waals surface area contributed by atoms with Gasteiger partial charge in [-0.15, -0.1) is 11.3 Å². The van der Waals surface area contributed by atoms with Gasteiger partial charge < -0.3 is 5.32 Å². The maximum atomic E-state index is 3.53. The van der Waals surface area contributed by atoms with E-state index in [0.717, 1.165) is 13.1 Å². The van der Waals surface area contributed by atoms with Crippen molar-refractivity contribution in [3.05, 3.63) is 21.4 Å². The third-order valence-corrected chi connectivity index (χ3v) is 5.10. The van der Waals surface area contributed by atoms with Crippen molar-refractivity contribution in [2.24, 2.45) is 5.92 Å². The van der Waals surface area contributed by atoms with Crippen LogP contribution in [0.2, 0.25) is 0 Å². The lowest BCUT2D eigenvalue weighted by atomic mass is 9.96. The summed E-state index contributed by atoms with van der Waals surface area (Å²) < 4.78 is 0. The van der Waals surface area contributed by atoms with E-state index in [9.17, 15) is 0 Å². The second-order valence-electron chi connectivity index (χ2n) is 5.80. The minimum absolute atomic E-state index is 0.546. The molecule has 1 N–H and O–H groups in total. The standard InChI is InChI=1S/C15H26N2S/c1-10(2)15-9-16-6-7-17(15)12(4)14-8-11(3)18-13(14)5/h8,10,12,15-16H,6-7,9H2,1-5H3. The molecule has 0 aliphatic carbocycles.